The summed E-state index contributed by atoms with van der Waals surface area (Å²) in [5.41, 5.74) is -0.140. The number of hydrogen-bond donors (Lipinski definition) is 1. The average molecular weight is 310 g/mol. The Morgan fingerprint density at radius 2 is 1.73 bits per heavy atom. The molecule has 3 rings (SSSR count). The average Bonchev–Trinajstić information content (AvgIpc) is 2.87. The number of para-hydroxylation sites is 1. The molecule has 0 bridgehead atoms. The van der Waals surface area contributed by atoms with Crippen molar-refractivity contribution in [3.05, 3.63) is 59.5 Å². The van der Waals surface area contributed by atoms with Gasteiger partial charge in [0.15, 0.2) is 0 Å². The maximum absolute atomic E-state index is 14.0. The molecule has 0 unspecified atom stereocenters. The van der Waals surface area contributed by atoms with Crippen molar-refractivity contribution in [1.29, 1.82) is 0 Å². The molecule has 1 heterocycles. The van der Waals surface area contributed by atoms with Crippen LogP contribution in [0.25, 0.3) is 16.6 Å². The second-order valence-corrected chi connectivity index (χ2v) is 4.70. The minimum atomic E-state index is -4.44. The van der Waals surface area contributed by atoms with E-state index in [1.807, 2.05) is 0 Å². The number of fused-ring (bicyclic) bond motifs is 1. The van der Waals surface area contributed by atoms with Crippen molar-refractivity contribution in [3.63, 3.8) is 0 Å². The standard InChI is InChI=1S/C15H10F4N2O/c16-12-3-1-2-11-13(8-22)20-21(14(11)12)10-6-4-9(5-7-10)15(17,18)19/h1-7,22H,8H2. The fourth-order valence-electron chi connectivity index (χ4n) is 2.28. The van der Waals surface area contributed by atoms with Gasteiger partial charge in [-0.1, -0.05) is 12.1 Å². The van der Waals surface area contributed by atoms with Crippen LogP contribution in [0, 0.1) is 5.82 Å². The van der Waals surface area contributed by atoms with Crippen LogP contribution >= 0.6 is 0 Å². The van der Waals surface area contributed by atoms with Gasteiger partial charge in [0.05, 0.1) is 23.6 Å². The molecule has 3 nitrogen and oxygen atoms in total. The third-order valence-electron chi connectivity index (χ3n) is 3.32. The quantitative estimate of drug-likeness (QED) is 0.733. The van der Waals surface area contributed by atoms with E-state index in [0.29, 0.717) is 5.39 Å². The highest BCUT2D eigenvalue weighted by Gasteiger charge is 2.30. The molecule has 22 heavy (non-hydrogen) atoms. The fourth-order valence-corrected chi connectivity index (χ4v) is 2.28. The Kier molecular flexibility index (Phi) is 3.37. The molecule has 0 aliphatic rings. The number of halogens is 4. The first-order valence-electron chi connectivity index (χ1n) is 6.36. The van der Waals surface area contributed by atoms with Gasteiger partial charge in [-0.15, -0.1) is 0 Å². The summed E-state index contributed by atoms with van der Waals surface area (Å²) in [4.78, 5) is 0. The van der Waals surface area contributed by atoms with Gasteiger partial charge >= 0.3 is 6.18 Å². The number of hydrogen-bond acceptors (Lipinski definition) is 2. The van der Waals surface area contributed by atoms with Crippen LogP contribution in [0.1, 0.15) is 11.3 Å². The molecule has 0 aliphatic carbocycles. The number of aromatic nitrogens is 2. The summed E-state index contributed by atoms with van der Waals surface area (Å²) >= 11 is 0. The maximum atomic E-state index is 14.0. The molecule has 0 spiro atoms. The van der Waals surface area contributed by atoms with Crippen LogP contribution in [0.4, 0.5) is 17.6 Å². The van der Waals surface area contributed by atoms with Crippen molar-refractivity contribution < 1.29 is 22.7 Å². The molecular weight excluding hydrogens is 300 g/mol. The van der Waals surface area contributed by atoms with Gasteiger partial charge in [-0.25, -0.2) is 9.07 Å². The van der Waals surface area contributed by atoms with Gasteiger partial charge in [-0.3, -0.25) is 0 Å². The normalized spacial score (nSPS) is 12.0. The summed E-state index contributed by atoms with van der Waals surface area (Å²) in [5.74, 6) is -0.565. The van der Waals surface area contributed by atoms with E-state index in [1.165, 1.54) is 28.9 Å². The van der Waals surface area contributed by atoms with Gasteiger partial charge in [0, 0.05) is 5.39 Å². The number of rotatable bonds is 2. The zero-order valence-electron chi connectivity index (χ0n) is 11.1. The molecule has 1 N–H and O–H groups in total. The summed E-state index contributed by atoms with van der Waals surface area (Å²) in [6.45, 7) is -0.395. The summed E-state index contributed by atoms with van der Waals surface area (Å²) in [6.07, 6.45) is -4.44. The second kappa shape index (κ2) is 5.10. The molecular formula is C15H10F4N2O. The lowest BCUT2D eigenvalue weighted by Gasteiger charge is -2.08. The van der Waals surface area contributed by atoms with Crippen molar-refractivity contribution in [1.82, 2.24) is 9.78 Å². The highest BCUT2D eigenvalue weighted by Crippen LogP contribution is 2.30. The lowest BCUT2D eigenvalue weighted by Crippen LogP contribution is -2.05. The molecule has 1 aromatic heterocycles. The largest absolute Gasteiger partial charge is 0.416 e. The Morgan fingerprint density at radius 3 is 2.32 bits per heavy atom. The third kappa shape index (κ3) is 2.33. The van der Waals surface area contributed by atoms with E-state index in [0.717, 1.165) is 12.1 Å². The second-order valence-electron chi connectivity index (χ2n) is 4.70. The van der Waals surface area contributed by atoms with Crippen molar-refractivity contribution in [2.75, 3.05) is 0 Å². The van der Waals surface area contributed by atoms with Crippen LogP contribution in [-0.4, -0.2) is 14.9 Å². The maximum Gasteiger partial charge on any atom is 0.416 e. The fraction of sp³-hybridized carbons (Fsp3) is 0.133. The predicted octanol–water partition coefficient (Wildman–Crippen LogP) is 3.68. The van der Waals surface area contributed by atoms with E-state index in [2.05, 4.69) is 5.10 Å². The number of alkyl halides is 3. The van der Waals surface area contributed by atoms with Crippen LogP contribution in [0.5, 0.6) is 0 Å². The molecule has 0 radical (unpaired) electrons. The Morgan fingerprint density at radius 1 is 1.05 bits per heavy atom. The van der Waals surface area contributed by atoms with Crippen molar-refractivity contribution in [2.24, 2.45) is 0 Å². The predicted molar refractivity (Wildman–Crippen MR) is 72.0 cm³/mol. The summed E-state index contributed by atoms with van der Waals surface area (Å²) in [7, 11) is 0. The third-order valence-corrected chi connectivity index (χ3v) is 3.32. The Hall–Kier alpha value is -2.41. The number of benzene rings is 2. The van der Waals surface area contributed by atoms with Gasteiger partial charge in [0.2, 0.25) is 0 Å². The van der Waals surface area contributed by atoms with E-state index in [9.17, 15) is 22.7 Å². The topological polar surface area (TPSA) is 38.1 Å². The van der Waals surface area contributed by atoms with Crippen LogP contribution in [-0.2, 0) is 12.8 Å². The number of aliphatic hydroxyl groups excluding tert-OH is 1. The van der Waals surface area contributed by atoms with Gasteiger partial charge in [0.1, 0.15) is 11.3 Å². The molecule has 0 saturated heterocycles. The molecule has 0 atom stereocenters. The number of nitrogens with zero attached hydrogens (tertiary/aromatic N) is 2. The molecule has 3 aromatic rings. The van der Waals surface area contributed by atoms with Crippen LogP contribution in [0.2, 0.25) is 0 Å². The lowest BCUT2D eigenvalue weighted by atomic mass is 10.2. The van der Waals surface area contributed by atoms with E-state index in [4.69, 9.17) is 0 Å². The van der Waals surface area contributed by atoms with Crippen LogP contribution in [0.3, 0.4) is 0 Å². The van der Waals surface area contributed by atoms with Gasteiger partial charge in [-0.2, -0.15) is 18.3 Å². The monoisotopic (exact) mass is 310 g/mol. The van der Waals surface area contributed by atoms with Crippen LogP contribution < -0.4 is 0 Å². The minimum absolute atomic E-state index is 0.117. The zero-order chi connectivity index (χ0) is 15.9. The molecule has 7 heteroatoms. The van der Waals surface area contributed by atoms with E-state index in [-0.39, 0.29) is 16.9 Å². The molecule has 0 fully saturated rings. The summed E-state index contributed by atoms with van der Waals surface area (Å²) < 4.78 is 53.0. The zero-order valence-corrected chi connectivity index (χ0v) is 11.1. The van der Waals surface area contributed by atoms with E-state index >= 15 is 0 Å². The highest BCUT2D eigenvalue weighted by molar-refractivity contribution is 5.84. The van der Waals surface area contributed by atoms with Crippen molar-refractivity contribution in [2.45, 2.75) is 12.8 Å². The van der Waals surface area contributed by atoms with Crippen molar-refractivity contribution in [3.8, 4) is 5.69 Å². The van der Waals surface area contributed by atoms with E-state index < -0.39 is 24.2 Å². The van der Waals surface area contributed by atoms with Gasteiger partial charge < -0.3 is 5.11 Å². The first-order chi connectivity index (χ1) is 10.4. The smallest absolute Gasteiger partial charge is 0.390 e. The summed E-state index contributed by atoms with van der Waals surface area (Å²) in [6, 6.07) is 8.54. The van der Waals surface area contributed by atoms with Crippen LogP contribution in [0.15, 0.2) is 42.5 Å². The molecule has 0 aliphatic heterocycles. The Balaban J connectivity index is 2.18. The summed E-state index contributed by atoms with van der Waals surface area (Å²) in [5, 5.41) is 13.8. The van der Waals surface area contributed by atoms with E-state index in [1.54, 1.807) is 6.07 Å². The SMILES string of the molecule is OCc1nn(-c2ccc(C(F)(F)F)cc2)c2c(F)cccc12. The van der Waals surface area contributed by atoms with Crippen molar-refractivity contribution >= 4 is 10.9 Å². The Labute approximate surface area is 122 Å². The highest BCUT2D eigenvalue weighted by atomic mass is 19.4. The lowest BCUT2D eigenvalue weighted by molar-refractivity contribution is -0.137. The molecule has 0 saturated carbocycles. The molecule has 114 valence electrons. The Bertz CT molecular complexity index is 822. The number of aliphatic hydroxyl groups is 1. The van der Waals surface area contributed by atoms with Gasteiger partial charge in [0.25, 0.3) is 0 Å². The van der Waals surface area contributed by atoms with Gasteiger partial charge in [-0.05, 0) is 30.3 Å². The minimum Gasteiger partial charge on any atom is -0.390 e. The molecule has 2 aromatic carbocycles. The first-order valence-corrected chi connectivity index (χ1v) is 6.36. The first kappa shape index (κ1) is 14.5. The molecule has 0 amide bonds.